The Morgan fingerprint density at radius 2 is 1.72 bits per heavy atom. The van der Waals surface area contributed by atoms with Crippen LogP contribution in [0.5, 0.6) is 6.01 Å². The first-order chi connectivity index (χ1) is 31.5. The lowest BCUT2D eigenvalue weighted by Gasteiger charge is -2.30. The molecule has 0 spiro atoms. The van der Waals surface area contributed by atoms with Gasteiger partial charge in [-0.1, -0.05) is 76.1 Å². The van der Waals surface area contributed by atoms with Gasteiger partial charge in [-0.2, -0.15) is 4.98 Å². The monoisotopic (exact) mass is 955 g/mol. The number of aromatic nitrogens is 3. The van der Waals surface area contributed by atoms with Gasteiger partial charge in [0, 0.05) is 34.9 Å². The highest BCUT2D eigenvalue weighted by atomic mass is 32.2. The zero-order valence-corrected chi connectivity index (χ0v) is 41.7. The first-order valence-electron chi connectivity index (χ1n) is 23.6. The first-order valence-corrected chi connectivity index (χ1v) is 25.9. The number of thiazole rings is 1. The van der Waals surface area contributed by atoms with Crippen LogP contribution in [0.25, 0.3) is 32.9 Å². The number of hydrogen-bond donors (Lipinski definition) is 3. The molecule has 67 heavy (non-hydrogen) atoms. The summed E-state index contributed by atoms with van der Waals surface area (Å²) in [6, 6.07) is 12.5. The van der Waals surface area contributed by atoms with Crippen LogP contribution in [-0.4, -0.2) is 92.3 Å². The van der Waals surface area contributed by atoms with Gasteiger partial charge in [0.05, 0.1) is 22.5 Å². The predicted molar refractivity (Wildman–Crippen MR) is 259 cm³/mol. The molecule has 2 aliphatic carbocycles. The fourth-order valence-corrected chi connectivity index (χ4v) is 11.2. The largest absolute Gasteiger partial charge is 0.459 e. The Morgan fingerprint density at radius 1 is 0.985 bits per heavy atom. The third-order valence-corrected chi connectivity index (χ3v) is 16.5. The van der Waals surface area contributed by atoms with E-state index in [2.05, 4.69) is 60.4 Å². The lowest BCUT2D eigenvalue weighted by molar-refractivity contribution is -0.141. The van der Waals surface area contributed by atoms with E-state index in [1.54, 1.807) is 27.7 Å². The third kappa shape index (κ3) is 10.1. The number of carbonyl (C=O) groups excluding carboxylic acids is 4. The molecule has 3 N–H and O–H groups in total. The zero-order valence-electron chi connectivity index (χ0n) is 40.1. The number of para-hydroxylation sites is 1. The molecule has 8 rings (SSSR count). The van der Waals surface area contributed by atoms with Gasteiger partial charge in [0.25, 0.3) is 11.9 Å². The van der Waals surface area contributed by atoms with E-state index >= 15 is 0 Å². The molecule has 0 bridgehead atoms. The van der Waals surface area contributed by atoms with Crippen molar-refractivity contribution >= 4 is 56.2 Å². The van der Waals surface area contributed by atoms with Crippen molar-refractivity contribution in [2.45, 2.75) is 166 Å². The lowest BCUT2D eigenvalue weighted by atomic mass is 9.86. The van der Waals surface area contributed by atoms with Crippen molar-refractivity contribution in [3.05, 3.63) is 65.6 Å². The molecule has 2 aliphatic heterocycles. The number of rotatable bonds is 9. The Kier molecular flexibility index (Phi) is 12.9. The van der Waals surface area contributed by atoms with Gasteiger partial charge in [0.15, 0.2) is 0 Å². The Labute approximate surface area is 397 Å². The van der Waals surface area contributed by atoms with Gasteiger partial charge in [-0.15, -0.1) is 11.3 Å². The molecular weight excluding hydrogens is 891 g/mol. The number of alkyl carbamates (subject to hydrolysis) is 1. The van der Waals surface area contributed by atoms with E-state index in [0.717, 1.165) is 40.2 Å². The highest BCUT2D eigenvalue weighted by Gasteiger charge is 2.63. The van der Waals surface area contributed by atoms with Gasteiger partial charge in [0.2, 0.25) is 21.8 Å². The number of fused-ring (bicyclic) bond motifs is 3. The number of nitrogens with zero attached hydrogens (tertiary/aromatic N) is 4. The molecular formula is C50H65N7O8S2. The topological polar surface area (TPSA) is 191 Å². The molecule has 4 heterocycles. The van der Waals surface area contributed by atoms with Crippen molar-refractivity contribution in [2.24, 2.45) is 5.92 Å². The van der Waals surface area contributed by atoms with Crippen LogP contribution < -0.4 is 20.1 Å². The van der Waals surface area contributed by atoms with Gasteiger partial charge in [0.1, 0.15) is 39.9 Å². The quantitative estimate of drug-likeness (QED) is 0.138. The van der Waals surface area contributed by atoms with Crippen molar-refractivity contribution < 1.29 is 37.1 Å². The molecule has 2 aromatic carbocycles. The predicted octanol–water partition coefficient (Wildman–Crippen LogP) is 8.34. The summed E-state index contributed by atoms with van der Waals surface area (Å²) < 4.78 is 42.2. The first kappa shape index (κ1) is 48.2. The number of nitrogens with one attached hydrogen (secondary N) is 3. The van der Waals surface area contributed by atoms with Crippen LogP contribution in [0.15, 0.2) is 60.0 Å². The summed E-state index contributed by atoms with van der Waals surface area (Å²) >= 11 is 1.53. The van der Waals surface area contributed by atoms with E-state index in [4.69, 9.17) is 19.4 Å². The number of allylic oxidation sites excluding steroid dienone is 1. The van der Waals surface area contributed by atoms with Gasteiger partial charge < -0.3 is 25.0 Å². The second kappa shape index (κ2) is 18.0. The SMILES string of the molecule is CC(C)n1c(O[C@@H]2C[C@H]3C(=O)N[C@]4(C(=O)NS(=O)(=O)C5(C)CC5)C[C@H]4/C=C\CCCCC[C@H](NC(=O)OC(C)(C)C)C(=O)N3C2)nc2c(-c3nc(-c4ccc(C(C)(C)C)cc4)cs3)cccc21. The van der Waals surface area contributed by atoms with E-state index in [1.165, 1.54) is 21.8 Å². The number of hydrogen-bond acceptors (Lipinski definition) is 11. The van der Waals surface area contributed by atoms with Crippen LogP contribution >= 0.6 is 11.3 Å². The molecule has 1 saturated heterocycles. The Morgan fingerprint density at radius 3 is 2.39 bits per heavy atom. The van der Waals surface area contributed by atoms with Crippen LogP contribution in [-0.2, 0) is 34.6 Å². The summed E-state index contributed by atoms with van der Waals surface area (Å²) in [5, 5.41) is 8.57. The number of ether oxygens (including phenoxy) is 2. The van der Waals surface area contributed by atoms with Crippen LogP contribution in [0.1, 0.15) is 132 Å². The number of benzene rings is 2. The van der Waals surface area contributed by atoms with Crippen molar-refractivity contribution in [3.63, 3.8) is 0 Å². The zero-order chi connectivity index (χ0) is 48.3. The number of amides is 4. The average Bonchev–Trinajstić information content (AvgIpc) is 3.92. The minimum Gasteiger partial charge on any atom is -0.459 e. The van der Waals surface area contributed by atoms with E-state index in [-0.39, 0.29) is 30.8 Å². The van der Waals surface area contributed by atoms with Crippen LogP contribution in [0.3, 0.4) is 0 Å². The second-order valence-electron chi connectivity index (χ2n) is 21.3. The van der Waals surface area contributed by atoms with Gasteiger partial charge >= 0.3 is 6.09 Å². The minimum atomic E-state index is -4.02. The molecule has 2 aromatic heterocycles. The molecule has 15 nitrogen and oxygen atoms in total. The van der Waals surface area contributed by atoms with Crippen molar-refractivity contribution in [2.75, 3.05) is 6.54 Å². The molecule has 360 valence electrons. The molecule has 17 heteroatoms. The fraction of sp³-hybridized carbons (Fsp3) is 0.560. The van der Waals surface area contributed by atoms with Gasteiger partial charge in [-0.3, -0.25) is 23.7 Å². The normalized spacial score (nSPS) is 25.0. The van der Waals surface area contributed by atoms with Crippen LogP contribution in [0, 0.1) is 5.92 Å². The highest BCUT2D eigenvalue weighted by Crippen LogP contribution is 2.48. The van der Waals surface area contributed by atoms with E-state index in [1.807, 2.05) is 54.1 Å². The Balaban J connectivity index is 1.11. The molecule has 5 atom stereocenters. The molecule has 0 unspecified atom stereocenters. The highest BCUT2D eigenvalue weighted by molar-refractivity contribution is 7.91. The van der Waals surface area contributed by atoms with Crippen molar-refractivity contribution in [3.8, 4) is 27.8 Å². The van der Waals surface area contributed by atoms with E-state index < -0.39 is 73.8 Å². The number of sulfonamides is 1. The molecule has 4 aliphatic rings. The molecule has 2 saturated carbocycles. The smallest absolute Gasteiger partial charge is 0.408 e. The Bertz CT molecular complexity index is 2690. The van der Waals surface area contributed by atoms with Crippen LogP contribution in [0.2, 0.25) is 0 Å². The van der Waals surface area contributed by atoms with E-state index in [9.17, 15) is 27.6 Å². The summed E-state index contributed by atoms with van der Waals surface area (Å²) in [5.41, 5.74) is 3.14. The number of carbonyl (C=O) groups is 4. The summed E-state index contributed by atoms with van der Waals surface area (Å²) in [7, 11) is -4.02. The molecule has 3 fully saturated rings. The third-order valence-electron chi connectivity index (χ3n) is 13.4. The van der Waals surface area contributed by atoms with Gasteiger partial charge in [-0.25, -0.2) is 18.2 Å². The summed E-state index contributed by atoms with van der Waals surface area (Å²) in [6.07, 6.45) is 6.57. The molecule has 0 radical (unpaired) electrons. The molecule has 4 aromatic rings. The fourth-order valence-electron chi connectivity index (χ4n) is 9.07. The standard InChI is InChI=1S/C50H65N7O8S2/c1-30(2)57-38-19-15-17-35(42-51-37(29-66-42)31-20-22-32(23-21-31)47(3,4)5)40(38)53-45(57)64-34-26-39-41(58)54-50(44(60)55-67(62,63)49(9)24-25-49)27-33(50)16-13-11-10-12-14-18-36(43(59)56(39)28-34)52-46(61)65-48(6,7)8/h13,15-17,19-23,29-30,33-34,36,39H,10-12,14,18,24-28H2,1-9H3,(H,52,61)(H,54,58)(H,55,60)/b16-13-/t33-,34-,36+,39+,50-/m1/s1. The summed E-state index contributed by atoms with van der Waals surface area (Å²) in [6.45, 7) is 17.4. The average molecular weight is 956 g/mol. The second-order valence-corrected chi connectivity index (χ2v) is 24.4. The molecule has 4 amide bonds. The summed E-state index contributed by atoms with van der Waals surface area (Å²) in [5.74, 6) is -2.37. The maximum absolute atomic E-state index is 14.8. The number of imidazole rings is 1. The van der Waals surface area contributed by atoms with Gasteiger partial charge in [-0.05, 0) is 103 Å². The Hall–Kier alpha value is -5.29. The lowest BCUT2D eigenvalue weighted by Crippen LogP contribution is -2.58. The maximum atomic E-state index is 14.8. The van der Waals surface area contributed by atoms with Crippen molar-refractivity contribution in [1.82, 2.24) is 34.8 Å². The van der Waals surface area contributed by atoms with E-state index in [0.29, 0.717) is 43.6 Å². The minimum absolute atomic E-state index is 0.0300. The maximum Gasteiger partial charge on any atom is 0.408 e. The van der Waals surface area contributed by atoms with Crippen LogP contribution in [0.4, 0.5) is 4.79 Å². The van der Waals surface area contributed by atoms with Crippen molar-refractivity contribution in [1.29, 1.82) is 0 Å². The summed E-state index contributed by atoms with van der Waals surface area (Å²) in [4.78, 5) is 68.4.